The minimum absolute atomic E-state index is 0.00880. The van der Waals surface area contributed by atoms with Gasteiger partial charge in [0.15, 0.2) is 6.04 Å². The number of amides is 2. The van der Waals surface area contributed by atoms with Gasteiger partial charge in [0, 0.05) is 30.8 Å². The molecule has 4 rings (SSSR count). The SMILES string of the molecule is CC(C)[C@@H](C(=O)N1CCC(C(=O)Nc2ccccn2)CC1)n1nnc(-c2ccccc2)n1. The van der Waals surface area contributed by atoms with E-state index >= 15 is 0 Å². The molecule has 1 aromatic carbocycles. The number of tetrazole rings is 1. The molecule has 166 valence electrons. The lowest BCUT2D eigenvalue weighted by molar-refractivity contribution is -0.139. The molecule has 0 saturated carbocycles. The second-order valence-corrected chi connectivity index (χ2v) is 8.29. The van der Waals surface area contributed by atoms with E-state index in [2.05, 4.69) is 25.7 Å². The van der Waals surface area contributed by atoms with Gasteiger partial charge in [-0.15, -0.1) is 10.2 Å². The lowest BCUT2D eigenvalue weighted by atomic mass is 9.94. The minimum atomic E-state index is -0.543. The molecule has 32 heavy (non-hydrogen) atoms. The van der Waals surface area contributed by atoms with Crippen molar-refractivity contribution < 1.29 is 9.59 Å². The molecule has 2 amide bonds. The number of piperidine rings is 1. The van der Waals surface area contributed by atoms with E-state index in [1.807, 2.05) is 50.2 Å². The van der Waals surface area contributed by atoms with Crippen LogP contribution in [0, 0.1) is 11.8 Å². The molecule has 1 aliphatic rings. The van der Waals surface area contributed by atoms with E-state index in [-0.39, 0.29) is 23.7 Å². The highest BCUT2D eigenvalue weighted by Gasteiger charge is 2.34. The highest BCUT2D eigenvalue weighted by molar-refractivity contribution is 5.92. The maximum absolute atomic E-state index is 13.3. The first-order chi connectivity index (χ1) is 15.5. The molecule has 2 aromatic heterocycles. The van der Waals surface area contributed by atoms with Crippen LogP contribution in [0.25, 0.3) is 11.4 Å². The molecule has 9 nitrogen and oxygen atoms in total. The summed E-state index contributed by atoms with van der Waals surface area (Å²) in [6, 6.07) is 14.4. The van der Waals surface area contributed by atoms with Crippen LogP contribution >= 0.6 is 0 Å². The molecule has 1 saturated heterocycles. The average molecular weight is 434 g/mol. The first kappa shape index (κ1) is 21.6. The van der Waals surface area contributed by atoms with Crippen molar-refractivity contribution >= 4 is 17.6 Å². The van der Waals surface area contributed by atoms with Crippen molar-refractivity contribution in [1.29, 1.82) is 0 Å². The Hall–Kier alpha value is -3.62. The van der Waals surface area contributed by atoms with Gasteiger partial charge in [-0.05, 0) is 36.1 Å². The molecule has 9 heteroatoms. The summed E-state index contributed by atoms with van der Waals surface area (Å²) in [4.78, 5) is 33.3. The fraction of sp³-hybridized carbons (Fsp3) is 0.391. The van der Waals surface area contributed by atoms with Crippen molar-refractivity contribution in [3.05, 3.63) is 54.7 Å². The third-order valence-electron chi connectivity index (χ3n) is 5.69. The number of rotatable bonds is 6. The quantitative estimate of drug-likeness (QED) is 0.641. The summed E-state index contributed by atoms with van der Waals surface area (Å²) in [5.41, 5.74) is 0.855. The van der Waals surface area contributed by atoms with Crippen molar-refractivity contribution in [2.75, 3.05) is 18.4 Å². The number of hydrogen-bond donors (Lipinski definition) is 1. The fourth-order valence-electron chi connectivity index (χ4n) is 3.91. The maximum atomic E-state index is 13.3. The number of anilines is 1. The van der Waals surface area contributed by atoms with E-state index in [0.29, 0.717) is 37.6 Å². The van der Waals surface area contributed by atoms with Crippen molar-refractivity contribution in [2.45, 2.75) is 32.7 Å². The number of carbonyl (C=O) groups excluding carboxylic acids is 2. The van der Waals surface area contributed by atoms with Crippen LogP contribution in [0.4, 0.5) is 5.82 Å². The molecular formula is C23H27N7O2. The highest BCUT2D eigenvalue weighted by atomic mass is 16.2. The van der Waals surface area contributed by atoms with Crippen LogP contribution in [-0.4, -0.2) is 55.0 Å². The Labute approximate surface area is 186 Å². The third kappa shape index (κ3) is 4.82. The van der Waals surface area contributed by atoms with Crippen LogP contribution in [0.15, 0.2) is 54.7 Å². The van der Waals surface area contributed by atoms with Gasteiger partial charge in [-0.2, -0.15) is 4.80 Å². The summed E-state index contributed by atoms with van der Waals surface area (Å²) < 4.78 is 0. The van der Waals surface area contributed by atoms with Crippen LogP contribution < -0.4 is 5.32 Å². The summed E-state index contributed by atoms with van der Waals surface area (Å²) in [5.74, 6) is 0.789. The number of carbonyl (C=O) groups is 2. The van der Waals surface area contributed by atoms with Crippen LogP contribution in [0.5, 0.6) is 0 Å². The minimum Gasteiger partial charge on any atom is -0.341 e. The van der Waals surface area contributed by atoms with Crippen molar-refractivity contribution in [3.8, 4) is 11.4 Å². The topological polar surface area (TPSA) is 106 Å². The summed E-state index contributed by atoms with van der Waals surface area (Å²) in [6.07, 6.45) is 2.86. The average Bonchev–Trinajstić information content (AvgIpc) is 3.30. The Morgan fingerprint density at radius 1 is 1.03 bits per heavy atom. The standard InChI is InChI=1S/C23H27N7O2/c1-16(2)20(30-27-21(26-28-30)17-8-4-3-5-9-17)23(32)29-14-11-18(12-15-29)22(31)25-19-10-6-7-13-24-19/h3-10,13,16,18,20H,11-12,14-15H2,1-2H3,(H,24,25,31)/t20-/m0/s1. The Morgan fingerprint density at radius 3 is 2.41 bits per heavy atom. The number of likely N-dealkylation sites (tertiary alicyclic amines) is 1. The summed E-state index contributed by atoms with van der Waals surface area (Å²) in [7, 11) is 0. The second kappa shape index (κ2) is 9.67. The summed E-state index contributed by atoms with van der Waals surface area (Å²) in [6.45, 7) is 4.98. The second-order valence-electron chi connectivity index (χ2n) is 8.29. The molecule has 3 aromatic rings. The Morgan fingerprint density at radius 2 is 1.75 bits per heavy atom. The van der Waals surface area contributed by atoms with Crippen molar-refractivity contribution in [3.63, 3.8) is 0 Å². The zero-order valence-corrected chi connectivity index (χ0v) is 18.3. The summed E-state index contributed by atoms with van der Waals surface area (Å²) >= 11 is 0. The summed E-state index contributed by atoms with van der Waals surface area (Å²) in [5, 5.41) is 15.7. The van der Waals surface area contributed by atoms with Gasteiger partial charge in [-0.1, -0.05) is 50.2 Å². The number of hydrogen-bond acceptors (Lipinski definition) is 6. The molecule has 3 heterocycles. The number of aromatic nitrogens is 5. The van der Waals surface area contributed by atoms with E-state index in [1.54, 1.807) is 23.2 Å². The monoisotopic (exact) mass is 433 g/mol. The number of nitrogens with zero attached hydrogens (tertiary/aromatic N) is 6. The number of benzene rings is 1. The predicted octanol–water partition coefficient (Wildman–Crippen LogP) is 2.81. The van der Waals surface area contributed by atoms with Gasteiger partial charge in [0.25, 0.3) is 0 Å². The van der Waals surface area contributed by atoms with Gasteiger partial charge in [0.05, 0.1) is 0 Å². The predicted molar refractivity (Wildman–Crippen MR) is 119 cm³/mol. The Kier molecular flexibility index (Phi) is 6.53. The molecule has 0 radical (unpaired) electrons. The molecule has 0 unspecified atom stereocenters. The first-order valence-corrected chi connectivity index (χ1v) is 10.9. The van der Waals surface area contributed by atoms with Gasteiger partial charge in [-0.3, -0.25) is 9.59 Å². The number of nitrogens with one attached hydrogen (secondary N) is 1. The fourth-order valence-corrected chi connectivity index (χ4v) is 3.91. The van der Waals surface area contributed by atoms with Crippen LogP contribution in [-0.2, 0) is 9.59 Å². The van der Waals surface area contributed by atoms with E-state index in [1.165, 1.54) is 4.80 Å². The Balaban J connectivity index is 1.40. The van der Waals surface area contributed by atoms with Gasteiger partial charge in [0.1, 0.15) is 5.82 Å². The van der Waals surface area contributed by atoms with Crippen molar-refractivity contribution in [1.82, 2.24) is 30.1 Å². The van der Waals surface area contributed by atoms with E-state index < -0.39 is 6.04 Å². The zero-order valence-electron chi connectivity index (χ0n) is 18.3. The number of pyridine rings is 1. The molecule has 1 fully saturated rings. The molecule has 0 bridgehead atoms. The normalized spacial score (nSPS) is 15.5. The van der Waals surface area contributed by atoms with Gasteiger partial charge in [-0.25, -0.2) is 4.98 Å². The first-order valence-electron chi connectivity index (χ1n) is 10.9. The Bertz CT molecular complexity index is 1040. The van der Waals surface area contributed by atoms with Crippen LogP contribution in [0.1, 0.15) is 32.7 Å². The third-order valence-corrected chi connectivity index (χ3v) is 5.69. The lowest BCUT2D eigenvalue weighted by Crippen LogP contribution is -2.46. The highest BCUT2D eigenvalue weighted by Crippen LogP contribution is 2.25. The van der Waals surface area contributed by atoms with Gasteiger partial charge in [0.2, 0.25) is 17.6 Å². The molecule has 1 atom stereocenters. The molecular weight excluding hydrogens is 406 g/mol. The van der Waals surface area contributed by atoms with Gasteiger partial charge >= 0.3 is 0 Å². The molecule has 1 N–H and O–H groups in total. The van der Waals surface area contributed by atoms with E-state index in [4.69, 9.17) is 0 Å². The lowest BCUT2D eigenvalue weighted by Gasteiger charge is -2.34. The van der Waals surface area contributed by atoms with Gasteiger partial charge < -0.3 is 10.2 Å². The smallest absolute Gasteiger partial charge is 0.249 e. The molecule has 1 aliphatic heterocycles. The van der Waals surface area contributed by atoms with Crippen molar-refractivity contribution in [2.24, 2.45) is 11.8 Å². The molecule has 0 aliphatic carbocycles. The zero-order chi connectivity index (χ0) is 22.5. The maximum Gasteiger partial charge on any atom is 0.249 e. The largest absolute Gasteiger partial charge is 0.341 e. The van der Waals surface area contributed by atoms with Crippen LogP contribution in [0.3, 0.4) is 0 Å². The van der Waals surface area contributed by atoms with E-state index in [9.17, 15) is 9.59 Å². The van der Waals surface area contributed by atoms with Crippen LogP contribution in [0.2, 0.25) is 0 Å². The molecule has 0 spiro atoms. The van der Waals surface area contributed by atoms with E-state index in [0.717, 1.165) is 5.56 Å².